The predicted octanol–water partition coefficient (Wildman–Crippen LogP) is 2.03. The number of rotatable bonds is 5. The van der Waals surface area contributed by atoms with E-state index in [0.29, 0.717) is 6.61 Å². The second-order valence-electron chi connectivity index (χ2n) is 3.90. The van der Waals surface area contributed by atoms with Gasteiger partial charge in [-0.05, 0) is 45.8 Å². The number of likely N-dealkylation sites (tertiary alicyclic amines) is 1. The van der Waals surface area contributed by atoms with Crippen LogP contribution < -0.4 is 5.32 Å². The lowest BCUT2D eigenvalue weighted by atomic mass is 10.1. The van der Waals surface area contributed by atoms with E-state index in [2.05, 4.69) is 10.2 Å². The Morgan fingerprint density at radius 1 is 1.31 bits per heavy atom. The molecule has 1 aliphatic rings. The Morgan fingerprint density at radius 3 is 2.62 bits per heavy atom. The Hall–Kier alpha value is -0.480. The third-order valence-corrected chi connectivity index (χ3v) is 2.64. The van der Waals surface area contributed by atoms with Crippen molar-refractivity contribution in [2.24, 2.45) is 0 Å². The van der Waals surface area contributed by atoms with Crippen molar-refractivity contribution in [1.29, 1.82) is 0 Å². The molecule has 0 aromatic carbocycles. The molecule has 1 rings (SSSR count). The second kappa shape index (κ2) is 9.73. The van der Waals surface area contributed by atoms with Gasteiger partial charge in [-0.2, -0.15) is 0 Å². The van der Waals surface area contributed by atoms with E-state index in [4.69, 9.17) is 4.74 Å². The molecule has 1 fully saturated rings. The van der Waals surface area contributed by atoms with Gasteiger partial charge in [-0.3, -0.25) is 0 Å². The molecule has 0 spiro atoms. The number of amides is 1. The normalized spacial score (nSPS) is 16.3. The fourth-order valence-corrected chi connectivity index (χ4v) is 1.86. The number of piperidine rings is 1. The number of alkyl carbamates (subject to hydrolysis) is 1. The molecule has 4 nitrogen and oxygen atoms in total. The van der Waals surface area contributed by atoms with Crippen molar-refractivity contribution in [3.05, 3.63) is 0 Å². The summed E-state index contributed by atoms with van der Waals surface area (Å²) >= 11 is 0. The second-order valence-corrected chi connectivity index (χ2v) is 3.90. The predicted molar refractivity (Wildman–Crippen MR) is 67.2 cm³/mol. The Labute approximate surface area is 104 Å². The first-order valence-electron chi connectivity index (χ1n) is 5.96. The summed E-state index contributed by atoms with van der Waals surface area (Å²) in [5, 5.41) is 2.74. The topological polar surface area (TPSA) is 41.6 Å². The summed E-state index contributed by atoms with van der Waals surface area (Å²) in [6, 6.07) is 0. The van der Waals surface area contributed by atoms with E-state index in [1.165, 1.54) is 32.4 Å². The summed E-state index contributed by atoms with van der Waals surface area (Å²) in [6.07, 6.45) is 4.74. The molecule has 1 saturated heterocycles. The summed E-state index contributed by atoms with van der Waals surface area (Å²) in [5.74, 6) is 0. The molecule has 0 unspecified atom stereocenters. The highest BCUT2D eigenvalue weighted by atomic mass is 35.5. The molecule has 0 aromatic rings. The molecule has 0 atom stereocenters. The minimum Gasteiger partial charge on any atom is -0.450 e. The van der Waals surface area contributed by atoms with Gasteiger partial charge in [0.15, 0.2) is 0 Å². The molecule has 0 radical (unpaired) electrons. The fraction of sp³-hybridized carbons (Fsp3) is 0.909. The molecule has 1 aliphatic heterocycles. The Morgan fingerprint density at radius 2 is 2.00 bits per heavy atom. The molecule has 16 heavy (non-hydrogen) atoms. The van der Waals surface area contributed by atoms with Gasteiger partial charge in [-0.15, -0.1) is 12.4 Å². The van der Waals surface area contributed by atoms with Crippen LogP contribution in [0.15, 0.2) is 0 Å². The van der Waals surface area contributed by atoms with Gasteiger partial charge >= 0.3 is 6.09 Å². The highest BCUT2D eigenvalue weighted by molar-refractivity contribution is 5.85. The lowest BCUT2D eigenvalue weighted by Crippen LogP contribution is -2.33. The summed E-state index contributed by atoms with van der Waals surface area (Å²) < 4.78 is 4.77. The number of carbonyl (C=O) groups excluding carboxylic acids is 1. The molecule has 0 saturated carbocycles. The fourth-order valence-electron chi connectivity index (χ4n) is 1.86. The number of hydrogen-bond donors (Lipinski definition) is 1. The van der Waals surface area contributed by atoms with Gasteiger partial charge < -0.3 is 15.0 Å². The summed E-state index contributed by atoms with van der Waals surface area (Å²) in [7, 11) is 0. The number of ether oxygens (including phenoxy) is 1. The van der Waals surface area contributed by atoms with Gasteiger partial charge in [0.2, 0.25) is 0 Å². The third kappa shape index (κ3) is 6.90. The third-order valence-electron chi connectivity index (χ3n) is 2.64. The quantitative estimate of drug-likeness (QED) is 0.760. The minimum atomic E-state index is -0.295. The largest absolute Gasteiger partial charge is 0.450 e. The van der Waals surface area contributed by atoms with Crippen LogP contribution in [0.4, 0.5) is 4.79 Å². The lowest BCUT2D eigenvalue weighted by molar-refractivity contribution is 0.151. The van der Waals surface area contributed by atoms with Gasteiger partial charge in [0.05, 0.1) is 6.61 Å². The van der Waals surface area contributed by atoms with E-state index < -0.39 is 0 Å². The van der Waals surface area contributed by atoms with Crippen molar-refractivity contribution < 1.29 is 9.53 Å². The van der Waals surface area contributed by atoms with Crippen LogP contribution in [-0.2, 0) is 4.74 Å². The molecule has 1 amide bonds. The standard InChI is InChI=1S/C11H22N2O2.ClH/c1-2-15-11(14)12-7-6-10-13-8-4-3-5-9-13;/h2-10H2,1H3,(H,12,14);1H. The number of halogens is 1. The Bertz CT molecular complexity index is 185. The van der Waals surface area contributed by atoms with E-state index in [0.717, 1.165) is 19.5 Å². The van der Waals surface area contributed by atoms with Crippen molar-refractivity contribution in [3.8, 4) is 0 Å². The molecule has 1 heterocycles. The molecule has 0 aromatic heterocycles. The molecule has 96 valence electrons. The van der Waals surface area contributed by atoms with Crippen LogP contribution in [0.5, 0.6) is 0 Å². The van der Waals surface area contributed by atoms with Crippen LogP contribution in [0.1, 0.15) is 32.6 Å². The molecular formula is C11H23ClN2O2. The van der Waals surface area contributed by atoms with E-state index in [-0.39, 0.29) is 18.5 Å². The summed E-state index contributed by atoms with van der Waals surface area (Å²) in [4.78, 5) is 13.4. The number of carbonyl (C=O) groups is 1. The van der Waals surface area contributed by atoms with E-state index in [1.807, 2.05) is 6.92 Å². The van der Waals surface area contributed by atoms with Gasteiger partial charge in [0, 0.05) is 6.54 Å². The van der Waals surface area contributed by atoms with Crippen molar-refractivity contribution in [1.82, 2.24) is 10.2 Å². The zero-order chi connectivity index (χ0) is 10.9. The van der Waals surface area contributed by atoms with Gasteiger partial charge in [0.25, 0.3) is 0 Å². The van der Waals surface area contributed by atoms with E-state index >= 15 is 0 Å². The summed E-state index contributed by atoms with van der Waals surface area (Å²) in [6.45, 7) is 6.51. The van der Waals surface area contributed by atoms with Crippen LogP contribution >= 0.6 is 12.4 Å². The maximum absolute atomic E-state index is 10.9. The minimum absolute atomic E-state index is 0. The van der Waals surface area contributed by atoms with Crippen LogP contribution in [0.2, 0.25) is 0 Å². The Balaban J connectivity index is 0.00000225. The smallest absolute Gasteiger partial charge is 0.407 e. The maximum atomic E-state index is 10.9. The number of hydrogen-bond acceptors (Lipinski definition) is 3. The monoisotopic (exact) mass is 250 g/mol. The van der Waals surface area contributed by atoms with Gasteiger partial charge in [0.1, 0.15) is 0 Å². The molecule has 5 heteroatoms. The van der Waals surface area contributed by atoms with Crippen molar-refractivity contribution in [2.75, 3.05) is 32.8 Å². The van der Waals surface area contributed by atoms with Crippen LogP contribution in [0.3, 0.4) is 0 Å². The SMILES string of the molecule is CCOC(=O)NCCCN1CCCCC1.Cl. The number of nitrogens with zero attached hydrogens (tertiary/aromatic N) is 1. The zero-order valence-corrected chi connectivity index (χ0v) is 10.9. The lowest BCUT2D eigenvalue weighted by Gasteiger charge is -2.26. The molecule has 1 N–H and O–H groups in total. The summed E-state index contributed by atoms with van der Waals surface area (Å²) in [5.41, 5.74) is 0. The van der Waals surface area contributed by atoms with Crippen molar-refractivity contribution in [3.63, 3.8) is 0 Å². The molecule has 0 aliphatic carbocycles. The van der Waals surface area contributed by atoms with Crippen LogP contribution in [0.25, 0.3) is 0 Å². The van der Waals surface area contributed by atoms with Crippen LogP contribution in [-0.4, -0.2) is 43.8 Å². The first-order chi connectivity index (χ1) is 7.33. The van der Waals surface area contributed by atoms with E-state index in [1.54, 1.807) is 0 Å². The highest BCUT2D eigenvalue weighted by Gasteiger charge is 2.09. The first kappa shape index (κ1) is 15.5. The molecular weight excluding hydrogens is 228 g/mol. The van der Waals surface area contributed by atoms with Crippen molar-refractivity contribution >= 4 is 18.5 Å². The van der Waals surface area contributed by atoms with Gasteiger partial charge in [-0.1, -0.05) is 6.42 Å². The van der Waals surface area contributed by atoms with Crippen molar-refractivity contribution in [2.45, 2.75) is 32.6 Å². The Kier molecular flexibility index (Phi) is 9.43. The number of nitrogens with one attached hydrogen (secondary N) is 1. The molecule has 0 bridgehead atoms. The maximum Gasteiger partial charge on any atom is 0.407 e. The highest BCUT2D eigenvalue weighted by Crippen LogP contribution is 2.08. The average Bonchev–Trinajstić information content (AvgIpc) is 2.26. The zero-order valence-electron chi connectivity index (χ0n) is 10.0. The van der Waals surface area contributed by atoms with Crippen LogP contribution in [0, 0.1) is 0 Å². The van der Waals surface area contributed by atoms with E-state index in [9.17, 15) is 4.79 Å². The van der Waals surface area contributed by atoms with Gasteiger partial charge in [-0.25, -0.2) is 4.79 Å². The average molecular weight is 251 g/mol. The first-order valence-corrected chi connectivity index (χ1v) is 5.96.